The summed E-state index contributed by atoms with van der Waals surface area (Å²) < 4.78 is 23.8. The SMILES string of the molecule is CCOCCn1cc2cc(Oc3ccc(OC4(CCOC)C(=O)NC(=O)NC4=O)cc3)ccc2c1O. The first kappa shape index (κ1) is 25.0. The van der Waals surface area contributed by atoms with Crippen LogP contribution in [0.3, 0.4) is 0 Å². The van der Waals surface area contributed by atoms with Gasteiger partial charge < -0.3 is 28.6 Å². The topological polar surface area (TPSA) is 137 Å². The molecule has 3 aromatic rings. The van der Waals surface area contributed by atoms with Crippen LogP contribution in [0.25, 0.3) is 10.8 Å². The number of methoxy groups -OCH3 is 1. The van der Waals surface area contributed by atoms with Crippen LogP contribution in [0.15, 0.2) is 48.7 Å². The van der Waals surface area contributed by atoms with E-state index in [-0.39, 0.29) is 24.7 Å². The van der Waals surface area contributed by atoms with Gasteiger partial charge in [-0.1, -0.05) is 0 Å². The predicted molar refractivity (Wildman–Crippen MR) is 128 cm³/mol. The molecule has 36 heavy (non-hydrogen) atoms. The molecule has 0 saturated carbocycles. The number of rotatable bonds is 11. The zero-order chi connectivity index (χ0) is 25.7. The van der Waals surface area contributed by atoms with E-state index in [0.717, 1.165) is 5.39 Å². The van der Waals surface area contributed by atoms with E-state index in [9.17, 15) is 19.5 Å². The number of hydrogen-bond acceptors (Lipinski definition) is 8. The Kier molecular flexibility index (Phi) is 7.41. The number of carbonyl (C=O) groups is 3. The molecule has 1 aromatic heterocycles. The van der Waals surface area contributed by atoms with Crippen LogP contribution in [0.4, 0.5) is 4.79 Å². The Bertz CT molecular complexity index is 1250. The number of urea groups is 1. The van der Waals surface area contributed by atoms with Crippen molar-refractivity contribution in [2.75, 3.05) is 26.9 Å². The van der Waals surface area contributed by atoms with Crippen molar-refractivity contribution in [3.63, 3.8) is 0 Å². The predicted octanol–water partition coefficient (Wildman–Crippen LogP) is 2.70. The number of aromatic nitrogens is 1. The van der Waals surface area contributed by atoms with Gasteiger partial charge in [-0.05, 0) is 49.4 Å². The van der Waals surface area contributed by atoms with E-state index in [4.69, 9.17) is 18.9 Å². The highest BCUT2D eigenvalue weighted by Gasteiger charge is 2.52. The number of nitrogens with zero attached hydrogens (tertiary/aromatic N) is 1. The Hall–Kier alpha value is -4.09. The van der Waals surface area contributed by atoms with Gasteiger partial charge in [0.1, 0.15) is 17.2 Å². The highest BCUT2D eigenvalue weighted by molar-refractivity contribution is 6.21. The number of amides is 4. The first-order valence-corrected chi connectivity index (χ1v) is 11.4. The molecule has 2 heterocycles. The van der Waals surface area contributed by atoms with E-state index in [0.29, 0.717) is 36.6 Å². The van der Waals surface area contributed by atoms with E-state index in [1.54, 1.807) is 41.0 Å². The lowest BCUT2D eigenvalue weighted by Crippen LogP contribution is -2.69. The third-order valence-electron chi connectivity index (χ3n) is 5.71. The van der Waals surface area contributed by atoms with Crippen molar-refractivity contribution in [1.82, 2.24) is 15.2 Å². The molecule has 0 unspecified atom stereocenters. The quantitative estimate of drug-likeness (QED) is 0.272. The fourth-order valence-electron chi connectivity index (χ4n) is 3.85. The number of barbiturate groups is 1. The Morgan fingerprint density at radius 1 is 0.944 bits per heavy atom. The van der Waals surface area contributed by atoms with Gasteiger partial charge in [0.25, 0.3) is 17.4 Å². The monoisotopic (exact) mass is 497 g/mol. The summed E-state index contributed by atoms with van der Waals surface area (Å²) in [6.45, 7) is 3.61. The second kappa shape index (κ2) is 10.7. The molecule has 0 spiro atoms. The van der Waals surface area contributed by atoms with E-state index < -0.39 is 23.4 Å². The lowest BCUT2D eigenvalue weighted by Gasteiger charge is -2.34. The first-order chi connectivity index (χ1) is 17.4. The zero-order valence-electron chi connectivity index (χ0n) is 19.9. The van der Waals surface area contributed by atoms with Crippen LogP contribution < -0.4 is 20.1 Å². The molecule has 3 N–H and O–H groups in total. The molecule has 1 saturated heterocycles. The Balaban J connectivity index is 1.48. The van der Waals surface area contributed by atoms with Crippen LogP contribution in [0.2, 0.25) is 0 Å². The van der Waals surface area contributed by atoms with Crippen molar-refractivity contribution in [2.45, 2.75) is 25.5 Å². The smallest absolute Gasteiger partial charge is 0.328 e. The summed E-state index contributed by atoms with van der Waals surface area (Å²) in [6.07, 6.45) is 1.74. The van der Waals surface area contributed by atoms with Crippen LogP contribution in [-0.2, 0) is 25.6 Å². The summed E-state index contributed by atoms with van der Waals surface area (Å²) in [6, 6.07) is 10.8. The molecular weight excluding hydrogens is 470 g/mol. The third kappa shape index (κ3) is 5.11. The number of benzene rings is 2. The number of nitrogens with one attached hydrogen (secondary N) is 2. The molecule has 0 radical (unpaired) electrons. The van der Waals surface area contributed by atoms with Crippen molar-refractivity contribution >= 4 is 28.6 Å². The average Bonchev–Trinajstić information content (AvgIpc) is 3.16. The second-order valence-corrected chi connectivity index (χ2v) is 8.07. The number of carbonyl (C=O) groups excluding carboxylic acids is 3. The van der Waals surface area contributed by atoms with Crippen molar-refractivity contribution in [3.05, 3.63) is 48.7 Å². The summed E-state index contributed by atoms with van der Waals surface area (Å²) in [5, 5.41) is 16.1. The van der Waals surface area contributed by atoms with E-state index in [1.807, 2.05) is 19.2 Å². The normalized spacial score (nSPS) is 15.0. The molecule has 11 heteroatoms. The highest BCUT2D eigenvalue weighted by atomic mass is 16.5. The van der Waals surface area contributed by atoms with Gasteiger partial charge in [-0.2, -0.15) is 0 Å². The van der Waals surface area contributed by atoms with Crippen LogP contribution >= 0.6 is 0 Å². The zero-order valence-corrected chi connectivity index (χ0v) is 19.9. The Morgan fingerprint density at radius 3 is 2.28 bits per heavy atom. The molecule has 4 amide bonds. The van der Waals surface area contributed by atoms with Gasteiger partial charge in [-0.3, -0.25) is 20.2 Å². The number of aromatic hydroxyl groups is 1. The van der Waals surface area contributed by atoms with Crippen LogP contribution in [-0.4, -0.2) is 60.1 Å². The molecule has 1 fully saturated rings. The summed E-state index contributed by atoms with van der Waals surface area (Å²) in [4.78, 5) is 36.6. The van der Waals surface area contributed by atoms with Crippen LogP contribution in [0.5, 0.6) is 23.1 Å². The van der Waals surface area contributed by atoms with Gasteiger partial charge in [0, 0.05) is 43.7 Å². The average molecular weight is 498 g/mol. The van der Waals surface area contributed by atoms with E-state index >= 15 is 0 Å². The van der Waals surface area contributed by atoms with Crippen molar-refractivity contribution in [2.24, 2.45) is 0 Å². The number of ether oxygens (including phenoxy) is 4. The molecule has 0 bridgehead atoms. The molecule has 1 aliphatic rings. The van der Waals surface area contributed by atoms with Gasteiger partial charge in [0.15, 0.2) is 5.88 Å². The minimum atomic E-state index is -1.95. The maximum atomic E-state index is 12.5. The van der Waals surface area contributed by atoms with Gasteiger partial charge in [0.05, 0.1) is 13.2 Å². The first-order valence-electron chi connectivity index (χ1n) is 11.4. The molecule has 2 aromatic carbocycles. The molecule has 1 aliphatic heterocycles. The molecule has 190 valence electrons. The lowest BCUT2D eigenvalue weighted by atomic mass is 9.95. The number of imide groups is 2. The minimum absolute atomic E-state index is 0.0572. The van der Waals surface area contributed by atoms with Crippen LogP contribution in [0, 0.1) is 0 Å². The third-order valence-corrected chi connectivity index (χ3v) is 5.71. The largest absolute Gasteiger partial charge is 0.494 e. The van der Waals surface area contributed by atoms with Crippen LogP contribution in [0.1, 0.15) is 13.3 Å². The van der Waals surface area contributed by atoms with Gasteiger partial charge in [0.2, 0.25) is 0 Å². The van der Waals surface area contributed by atoms with Gasteiger partial charge in [-0.25, -0.2) is 4.79 Å². The standard InChI is InChI=1S/C25H27N3O8/c1-3-34-13-11-28-15-16-14-19(8-9-20(16)21(28)29)35-17-4-6-18(7-5-17)36-25(10-12-33-2)22(30)26-24(32)27-23(25)31/h4-9,14-15,29H,3,10-13H2,1-2H3,(H2,26,27,30,31,32). The fraction of sp³-hybridized carbons (Fsp3) is 0.320. The van der Waals surface area contributed by atoms with Crippen molar-refractivity contribution in [1.29, 1.82) is 0 Å². The fourth-order valence-corrected chi connectivity index (χ4v) is 3.85. The van der Waals surface area contributed by atoms with Crippen molar-refractivity contribution < 1.29 is 38.4 Å². The van der Waals surface area contributed by atoms with Gasteiger partial charge in [-0.15, -0.1) is 0 Å². The Morgan fingerprint density at radius 2 is 1.61 bits per heavy atom. The summed E-state index contributed by atoms with van der Waals surface area (Å²) in [7, 11) is 1.43. The molecule has 11 nitrogen and oxygen atoms in total. The maximum Gasteiger partial charge on any atom is 0.328 e. The maximum absolute atomic E-state index is 12.5. The van der Waals surface area contributed by atoms with E-state index in [2.05, 4.69) is 10.6 Å². The molecular formula is C25H27N3O8. The summed E-state index contributed by atoms with van der Waals surface area (Å²) in [5.41, 5.74) is -1.95. The van der Waals surface area contributed by atoms with Gasteiger partial charge >= 0.3 is 6.03 Å². The lowest BCUT2D eigenvalue weighted by molar-refractivity contribution is -0.153. The second-order valence-electron chi connectivity index (χ2n) is 8.07. The number of hydrogen-bond donors (Lipinski definition) is 3. The molecule has 4 rings (SSSR count). The highest BCUT2D eigenvalue weighted by Crippen LogP contribution is 2.33. The summed E-state index contributed by atoms with van der Waals surface area (Å²) in [5.74, 6) is -0.293. The van der Waals surface area contributed by atoms with E-state index in [1.165, 1.54) is 7.11 Å². The summed E-state index contributed by atoms with van der Waals surface area (Å²) >= 11 is 0. The minimum Gasteiger partial charge on any atom is -0.494 e. The molecule has 0 aliphatic carbocycles. The Labute approximate surface area is 206 Å². The number of fused-ring (bicyclic) bond motifs is 1. The van der Waals surface area contributed by atoms with Crippen molar-refractivity contribution in [3.8, 4) is 23.1 Å². The molecule has 0 atom stereocenters.